The molecule has 3 nitrogen and oxygen atoms in total. The van der Waals surface area contributed by atoms with E-state index >= 15 is 0 Å². The van der Waals surface area contributed by atoms with Crippen molar-refractivity contribution in [2.24, 2.45) is 22.2 Å². The largest absolute Gasteiger partial charge is 0.455 e. The van der Waals surface area contributed by atoms with Crippen molar-refractivity contribution in [1.82, 2.24) is 0 Å². The standard InChI is InChI=1S/C11H15NO2/c1-11(2)6-3-7(11)10-8(4-6)12-5-9(13)14-10/h6-7,10H,3-5H2,1-2H3. The molecule has 0 aromatic rings. The molecule has 1 aliphatic heterocycles. The molecule has 1 heterocycles. The molecule has 0 saturated heterocycles. The number of carbonyl (C=O) groups excluding carboxylic acids is 1. The fourth-order valence-corrected chi connectivity index (χ4v) is 3.17. The molecule has 2 bridgehead atoms. The molecule has 3 saturated carbocycles. The van der Waals surface area contributed by atoms with E-state index in [0.717, 1.165) is 18.1 Å². The normalized spacial score (nSPS) is 43.1. The number of rotatable bonds is 0. The van der Waals surface area contributed by atoms with Crippen LogP contribution in [0.2, 0.25) is 0 Å². The van der Waals surface area contributed by atoms with Gasteiger partial charge in [-0.05, 0) is 24.2 Å². The van der Waals surface area contributed by atoms with Gasteiger partial charge in [0.2, 0.25) is 0 Å². The second kappa shape index (κ2) is 2.38. The Hall–Kier alpha value is -0.860. The fraction of sp³-hybridized carbons (Fsp3) is 0.818. The van der Waals surface area contributed by atoms with Gasteiger partial charge in [-0.2, -0.15) is 0 Å². The second-order valence-electron chi connectivity index (χ2n) is 5.28. The van der Waals surface area contributed by atoms with Crippen LogP contribution in [0.15, 0.2) is 4.99 Å². The first kappa shape index (κ1) is 8.45. The van der Waals surface area contributed by atoms with E-state index in [-0.39, 0.29) is 18.6 Å². The Morgan fingerprint density at radius 2 is 2.29 bits per heavy atom. The van der Waals surface area contributed by atoms with Gasteiger partial charge < -0.3 is 4.74 Å². The Kier molecular flexibility index (Phi) is 1.44. The van der Waals surface area contributed by atoms with Crippen molar-refractivity contribution in [2.75, 3.05) is 6.54 Å². The lowest BCUT2D eigenvalue weighted by Crippen LogP contribution is -2.61. The molecule has 3 heteroatoms. The molecule has 4 aliphatic rings. The predicted molar refractivity (Wildman–Crippen MR) is 52.2 cm³/mol. The lowest BCUT2D eigenvalue weighted by Gasteiger charge is -2.59. The number of hydrogen-bond donors (Lipinski definition) is 0. The van der Waals surface area contributed by atoms with Crippen LogP contribution in [0.3, 0.4) is 0 Å². The van der Waals surface area contributed by atoms with Crippen LogP contribution in [-0.4, -0.2) is 24.3 Å². The first-order valence-corrected chi connectivity index (χ1v) is 5.31. The van der Waals surface area contributed by atoms with Crippen LogP contribution in [0.1, 0.15) is 26.7 Å². The van der Waals surface area contributed by atoms with Crippen LogP contribution in [-0.2, 0) is 9.53 Å². The molecule has 3 aliphatic carbocycles. The van der Waals surface area contributed by atoms with E-state index in [2.05, 4.69) is 18.8 Å². The van der Waals surface area contributed by atoms with Gasteiger partial charge in [0.25, 0.3) is 0 Å². The average molecular weight is 193 g/mol. The molecule has 4 rings (SSSR count). The van der Waals surface area contributed by atoms with Gasteiger partial charge in [-0.3, -0.25) is 9.79 Å². The van der Waals surface area contributed by atoms with Crippen LogP contribution in [0, 0.1) is 17.3 Å². The Morgan fingerprint density at radius 3 is 3.00 bits per heavy atom. The lowest BCUT2D eigenvalue weighted by atomic mass is 9.47. The number of hydrogen-bond acceptors (Lipinski definition) is 3. The second-order valence-corrected chi connectivity index (χ2v) is 5.28. The summed E-state index contributed by atoms with van der Waals surface area (Å²) in [6.07, 6.45) is 2.27. The minimum Gasteiger partial charge on any atom is -0.455 e. The third-order valence-electron chi connectivity index (χ3n) is 4.37. The van der Waals surface area contributed by atoms with E-state index in [4.69, 9.17) is 4.74 Å². The molecule has 3 atom stereocenters. The fourth-order valence-electron chi connectivity index (χ4n) is 3.17. The number of carbonyl (C=O) groups is 1. The highest BCUT2D eigenvalue weighted by atomic mass is 16.5. The highest BCUT2D eigenvalue weighted by Crippen LogP contribution is 2.59. The van der Waals surface area contributed by atoms with Crippen molar-refractivity contribution in [2.45, 2.75) is 32.8 Å². The number of aliphatic imine (C=N–C) groups is 1. The highest BCUT2D eigenvalue weighted by molar-refractivity contribution is 5.96. The zero-order valence-electron chi connectivity index (χ0n) is 8.62. The van der Waals surface area contributed by atoms with Gasteiger partial charge in [0.05, 0.1) is 5.71 Å². The van der Waals surface area contributed by atoms with Gasteiger partial charge in [-0.15, -0.1) is 0 Å². The van der Waals surface area contributed by atoms with E-state index < -0.39 is 0 Å². The Labute approximate surface area is 83.5 Å². The van der Waals surface area contributed by atoms with E-state index in [9.17, 15) is 4.79 Å². The summed E-state index contributed by atoms with van der Waals surface area (Å²) in [5.74, 6) is 1.13. The third-order valence-corrected chi connectivity index (χ3v) is 4.37. The minimum absolute atomic E-state index is 0.0104. The highest BCUT2D eigenvalue weighted by Gasteiger charge is 2.58. The zero-order chi connectivity index (χ0) is 9.92. The van der Waals surface area contributed by atoms with Crippen molar-refractivity contribution in [3.63, 3.8) is 0 Å². The summed E-state index contributed by atoms with van der Waals surface area (Å²) in [7, 11) is 0. The molecular weight excluding hydrogens is 178 g/mol. The molecule has 0 radical (unpaired) electrons. The van der Waals surface area contributed by atoms with Gasteiger partial charge in [-0.25, -0.2) is 0 Å². The van der Waals surface area contributed by atoms with E-state index in [1.54, 1.807) is 0 Å². The smallest absolute Gasteiger partial charge is 0.328 e. The van der Waals surface area contributed by atoms with Gasteiger partial charge in [0.15, 0.2) is 0 Å². The first-order chi connectivity index (χ1) is 6.59. The van der Waals surface area contributed by atoms with Gasteiger partial charge in [0, 0.05) is 5.92 Å². The Balaban J connectivity index is 1.94. The van der Waals surface area contributed by atoms with Crippen LogP contribution in [0.5, 0.6) is 0 Å². The molecule has 0 spiro atoms. The molecule has 0 N–H and O–H groups in total. The quantitative estimate of drug-likeness (QED) is 0.546. The monoisotopic (exact) mass is 193 g/mol. The van der Waals surface area contributed by atoms with Crippen LogP contribution in [0.4, 0.5) is 0 Å². The van der Waals surface area contributed by atoms with E-state index in [0.29, 0.717) is 11.3 Å². The molecule has 3 fully saturated rings. The summed E-state index contributed by atoms with van der Waals surface area (Å²) in [4.78, 5) is 15.5. The molecule has 76 valence electrons. The number of nitrogens with zero attached hydrogens (tertiary/aromatic N) is 1. The SMILES string of the molecule is CC1(C)C2CC3=NCC(=O)OC3C1C2. The molecule has 3 unspecified atom stereocenters. The Morgan fingerprint density at radius 1 is 1.50 bits per heavy atom. The van der Waals surface area contributed by atoms with Crippen LogP contribution < -0.4 is 0 Å². The van der Waals surface area contributed by atoms with Crippen molar-refractivity contribution in [1.29, 1.82) is 0 Å². The van der Waals surface area contributed by atoms with E-state index in [1.807, 2.05) is 0 Å². The first-order valence-electron chi connectivity index (χ1n) is 5.31. The molecular formula is C11H15NO2. The van der Waals surface area contributed by atoms with E-state index in [1.165, 1.54) is 6.42 Å². The summed E-state index contributed by atoms with van der Waals surface area (Å²) in [5.41, 5.74) is 1.49. The number of ether oxygens (including phenoxy) is 1. The molecule has 0 aromatic heterocycles. The summed E-state index contributed by atoms with van der Waals surface area (Å²) < 4.78 is 5.41. The van der Waals surface area contributed by atoms with Crippen molar-refractivity contribution >= 4 is 11.7 Å². The topological polar surface area (TPSA) is 38.7 Å². The van der Waals surface area contributed by atoms with Gasteiger partial charge in [-0.1, -0.05) is 13.8 Å². The molecule has 0 amide bonds. The molecule has 14 heavy (non-hydrogen) atoms. The molecule has 0 aromatic carbocycles. The zero-order valence-corrected chi connectivity index (χ0v) is 8.62. The maximum atomic E-state index is 11.2. The summed E-state index contributed by atoms with van der Waals surface area (Å²) in [5, 5.41) is 0. The summed E-state index contributed by atoms with van der Waals surface area (Å²) in [6, 6.07) is 0. The maximum Gasteiger partial charge on any atom is 0.328 e. The van der Waals surface area contributed by atoms with Crippen molar-refractivity contribution < 1.29 is 9.53 Å². The van der Waals surface area contributed by atoms with Crippen molar-refractivity contribution in [3.8, 4) is 0 Å². The van der Waals surface area contributed by atoms with Gasteiger partial charge >= 0.3 is 5.97 Å². The third kappa shape index (κ3) is 0.877. The number of esters is 1. The van der Waals surface area contributed by atoms with Crippen LogP contribution >= 0.6 is 0 Å². The maximum absolute atomic E-state index is 11.2. The van der Waals surface area contributed by atoms with Gasteiger partial charge in [0.1, 0.15) is 12.6 Å². The van der Waals surface area contributed by atoms with Crippen LogP contribution in [0.25, 0.3) is 0 Å². The minimum atomic E-state index is -0.153. The lowest BCUT2D eigenvalue weighted by molar-refractivity contribution is -0.162. The summed E-state index contributed by atoms with van der Waals surface area (Å²) >= 11 is 0. The summed E-state index contributed by atoms with van der Waals surface area (Å²) in [6.45, 7) is 4.81. The Bertz CT molecular complexity index is 332. The van der Waals surface area contributed by atoms with Crippen molar-refractivity contribution in [3.05, 3.63) is 0 Å². The average Bonchev–Trinajstić information content (AvgIpc) is 2.16. The predicted octanol–water partition coefficient (Wildman–Crippen LogP) is 1.42.